The van der Waals surface area contributed by atoms with E-state index in [0.717, 1.165) is 77.0 Å². The van der Waals surface area contributed by atoms with Crippen LogP contribution in [0.4, 0.5) is 0 Å². The predicted molar refractivity (Wildman–Crippen MR) is 292 cm³/mol. The van der Waals surface area contributed by atoms with Crippen LogP contribution in [0.5, 0.6) is 0 Å². The molecule has 0 fully saturated rings. The molecule has 0 saturated carbocycles. The topological polar surface area (TPSA) is 95.9 Å². The lowest BCUT2D eigenvalue weighted by Crippen LogP contribution is -2.45. The second-order valence-corrected chi connectivity index (χ2v) is 20.7. The van der Waals surface area contributed by atoms with Crippen molar-refractivity contribution in [3.63, 3.8) is 0 Å². The zero-order valence-corrected chi connectivity index (χ0v) is 45.1. The van der Waals surface area contributed by atoms with Gasteiger partial charge in [0.1, 0.15) is 0 Å². The Morgan fingerprint density at radius 3 is 1.06 bits per heavy atom. The van der Waals surface area contributed by atoms with Gasteiger partial charge in [0.05, 0.1) is 25.4 Å². The van der Waals surface area contributed by atoms with Crippen molar-refractivity contribution in [3.05, 3.63) is 24.3 Å². The molecule has 2 atom stereocenters. The molecule has 0 aromatic heterocycles. The van der Waals surface area contributed by atoms with Crippen LogP contribution in [0, 0.1) is 0 Å². The van der Waals surface area contributed by atoms with Crippen LogP contribution in [0.25, 0.3) is 0 Å². The Labute approximate surface area is 418 Å². The minimum Gasteiger partial charge on any atom is -0.466 e. The first kappa shape index (κ1) is 65.3. The Balaban J connectivity index is 3.52. The highest BCUT2D eigenvalue weighted by Gasteiger charge is 2.18. The fraction of sp³-hybridized carbons (Fsp3) is 0.902. The number of rotatable bonds is 56. The molecule has 0 aromatic carbocycles. The smallest absolute Gasteiger partial charge is 0.305 e. The average Bonchev–Trinajstić information content (AvgIpc) is 3.33. The van der Waals surface area contributed by atoms with E-state index in [9.17, 15) is 19.8 Å². The van der Waals surface area contributed by atoms with Gasteiger partial charge >= 0.3 is 5.97 Å². The summed E-state index contributed by atoms with van der Waals surface area (Å²) in [5.74, 6) is -0.134. The minimum atomic E-state index is -0.867. The quantitative estimate of drug-likeness (QED) is 0.0321. The van der Waals surface area contributed by atoms with E-state index in [1.807, 2.05) is 6.08 Å². The van der Waals surface area contributed by atoms with Crippen molar-refractivity contribution in [2.24, 2.45) is 0 Å². The van der Waals surface area contributed by atoms with Gasteiger partial charge in [-0.05, 0) is 57.8 Å². The third-order valence-electron chi connectivity index (χ3n) is 14.0. The highest BCUT2D eigenvalue weighted by molar-refractivity contribution is 5.76. The number of hydrogen-bond donors (Lipinski definition) is 3. The Kier molecular flexibility index (Phi) is 55.5. The van der Waals surface area contributed by atoms with Crippen LogP contribution in [0.2, 0.25) is 0 Å². The SMILES string of the molecule is CCCCCCCCCCCCCCCCCCCCCCC/C=C/C(O)C(CO)NC(=O)CCCCCC/C=C\CCCCOC(=O)CCCCCCCCCCCCCCCCCCC. The molecule has 6 heteroatoms. The van der Waals surface area contributed by atoms with Crippen molar-refractivity contribution < 1.29 is 24.5 Å². The number of esters is 1. The summed E-state index contributed by atoms with van der Waals surface area (Å²) in [7, 11) is 0. The number of aliphatic hydroxyl groups excluding tert-OH is 2. The molecule has 0 spiro atoms. The monoisotopic (exact) mass is 944 g/mol. The summed E-state index contributed by atoms with van der Waals surface area (Å²) >= 11 is 0. The number of carbonyl (C=O) groups is 2. The van der Waals surface area contributed by atoms with Gasteiger partial charge < -0.3 is 20.3 Å². The minimum absolute atomic E-state index is 0.0337. The predicted octanol–water partition coefficient (Wildman–Crippen LogP) is 18.6. The van der Waals surface area contributed by atoms with Crippen molar-refractivity contribution in [2.45, 2.75) is 341 Å². The van der Waals surface area contributed by atoms with E-state index in [-0.39, 0.29) is 18.5 Å². The van der Waals surface area contributed by atoms with Crippen LogP contribution in [0.15, 0.2) is 24.3 Å². The lowest BCUT2D eigenvalue weighted by Gasteiger charge is -2.20. The molecule has 0 heterocycles. The van der Waals surface area contributed by atoms with Gasteiger partial charge in [0.25, 0.3) is 0 Å². The number of aliphatic hydroxyl groups is 2. The molecule has 0 rings (SSSR count). The zero-order valence-electron chi connectivity index (χ0n) is 45.1. The van der Waals surface area contributed by atoms with Crippen molar-refractivity contribution in [1.29, 1.82) is 0 Å². The van der Waals surface area contributed by atoms with E-state index in [4.69, 9.17) is 4.74 Å². The summed E-state index contributed by atoms with van der Waals surface area (Å²) < 4.78 is 5.45. The standard InChI is InChI=1S/C61H117NO5/c1-3-5-7-9-11-13-15-17-19-21-22-23-24-25-26-28-29-31-33-37-41-45-49-53-59(64)58(57-63)62-60(65)54-50-46-42-38-35-36-40-44-48-52-56-67-61(66)55-51-47-43-39-34-32-30-27-20-18-16-14-12-10-8-6-4-2/h36,40,49,53,58-59,63-64H,3-35,37-39,41-48,50-52,54-57H2,1-2H3,(H,62,65)/b40-36-,53-49+. The number of amides is 1. The molecule has 6 nitrogen and oxygen atoms in total. The summed E-state index contributed by atoms with van der Waals surface area (Å²) in [5.41, 5.74) is 0. The van der Waals surface area contributed by atoms with Gasteiger partial charge in [-0.2, -0.15) is 0 Å². The molecule has 0 saturated heterocycles. The largest absolute Gasteiger partial charge is 0.466 e. The first-order chi connectivity index (χ1) is 33.0. The molecule has 0 aromatic rings. The number of hydrogen-bond acceptors (Lipinski definition) is 5. The van der Waals surface area contributed by atoms with Gasteiger partial charge in [-0.3, -0.25) is 9.59 Å². The van der Waals surface area contributed by atoms with Gasteiger partial charge in [-0.25, -0.2) is 0 Å². The molecule has 1 amide bonds. The number of carbonyl (C=O) groups excluding carboxylic acids is 2. The fourth-order valence-corrected chi connectivity index (χ4v) is 9.34. The van der Waals surface area contributed by atoms with Crippen LogP contribution in [-0.2, 0) is 14.3 Å². The van der Waals surface area contributed by atoms with Crippen molar-refractivity contribution in [1.82, 2.24) is 5.32 Å². The van der Waals surface area contributed by atoms with Gasteiger partial charge in [-0.15, -0.1) is 0 Å². The van der Waals surface area contributed by atoms with Crippen LogP contribution >= 0.6 is 0 Å². The summed E-state index contributed by atoms with van der Waals surface area (Å²) in [6.45, 7) is 4.84. The Morgan fingerprint density at radius 1 is 0.403 bits per heavy atom. The molecule has 67 heavy (non-hydrogen) atoms. The van der Waals surface area contributed by atoms with Crippen LogP contribution in [-0.4, -0.2) is 47.4 Å². The highest BCUT2D eigenvalue weighted by atomic mass is 16.5. The molecule has 0 aliphatic rings. The van der Waals surface area contributed by atoms with Crippen molar-refractivity contribution >= 4 is 11.9 Å². The summed E-state index contributed by atoms with van der Waals surface area (Å²) in [6, 6.07) is -0.654. The molecule has 0 aliphatic heterocycles. The highest BCUT2D eigenvalue weighted by Crippen LogP contribution is 2.17. The van der Waals surface area contributed by atoms with Gasteiger partial charge in [0, 0.05) is 12.8 Å². The molecular weight excluding hydrogens is 827 g/mol. The Hall–Kier alpha value is -1.66. The van der Waals surface area contributed by atoms with E-state index < -0.39 is 12.1 Å². The summed E-state index contributed by atoms with van der Waals surface area (Å²) in [6.07, 6.45) is 69.3. The van der Waals surface area contributed by atoms with E-state index in [1.165, 1.54) is 225 Å². The summed E-state index contributed by atoms with van der Waals surface area (Å²) in [5, 5.41) is 23.2. The summed E-state index contributed by atoms with van der Waals surface area (Å²) in [4.78, 5) is 24.6. The molecule has 0 aliphatic carbocycles. The van der Waals surface area contributed by atoms with Gasteiger partial charge in [-0.1, -0.05) is 282 Å². The van der Waals surface area contributed by atoms with E-state index >= 15 is 0 Å². The van der Waals surface area contributed by atoms with Gasteiger partial charge in [0.15, 0.2) is 0 Å². The molecule has 0 bridgehead atoms. The van der Waals surface area contributed by atoms with E-state index in [0.29, 0.717) is 19.4 Å². The zero-order chi connectivity index (χ0) is 48.6. The Bertz CT molecular complexity index is 1040. The molecule has 3 N–H and O–H groups in total. The number of ether oxygens (including phenoxy) is 1. The lowest BCUT2D eigenvalue weighted by atomic mass is 10.0. The normalized spacial score (nSPS) is 12.7. The maximum atomic E-state index is 12.5. The van der Waals surface area contributed by atoms with Crippen molar-refractivity contribution in [2.75, 3.05) is 13.2 Å². The van der Waals surface area contributed by atoms with Crippen LogP contribution in [0.1, 0.15) is 328 Å². The maximum Gasteiger partial charge on any atom is 0.305 e. The average molecular weight is 945 g/mol. The van der Waals surface area contributed by atoms with Gasteiger partial charge in [0.2, 0.25) is 5.91 Å². The second-order valence-electron chi connectivity index (χ2n) is 20.7. The second kappa shape index (κ2) is 56.9. The third kappa shape index (κ3) is 53.5. The van der Waals surface area contributed by atoms with E-state index in [1.54, 1.807) is 6.08 Å². The Morgan fingerprint density at radius 2 is 0.701 bits per heavy atom. The number of allylic oxidation sites excluding steroid dienone is 3. The lowest BCUT2D eigenvalue weighted by molar-refractivity contribution is -0.143. The first-order valence-corrected chi connectivity index (χ1v) is 30.1. The van der Waals surface area contributed by atoms with Crippen LogP contribution in [0.3, 0.4) is 0 Å². The first-order valence-electron chi connectivity index (χ1n) is 30.1. The molecule has 0 radical (unpaired) electrons. The van der Waals surface area contributed by atoms with E-state index in [2.05, 4.69) is 31.3 Å². The van der Waals surface area contributed by atoms with Crippen molar-refractivity contribution in [3.8, 4) is 0 Å². The fourth-order valence-electron chi connectivity index (χ4n) is 9.34. The number of unbranched alkanes of at least 4 members (excludes halogenated alkanes) is 43. The maximum absolute atomic E-state index is 12.5. The molecule has 396 valence electrons. The third-order valence-corrected chi connectivity index (χ3v) is 14.0. The van der Waals surface area contributed by atoms with Crippen LogP contribution < -0.4 is 5.32 Å². The number of nitrogens with one attached hydrogen (secondary N) is 1. The molecular formula is C61H117NO5. The molecule has 2 unspecified atom stereocenters.